The minimum absolute atomic E-state index is 0.194. The summed E-state index contributed by atoms with van der Waals surface area (Å²) >= 11 is 3.13. The third-order valence-electron chi connectivity index (χ3n) is 4.24. The van der Waals surface area contributed by atoms with Crippen LogP contribution in [0.15, 0.2) is 22.7 Å². The standard InChI is InChI=1S/C16H22N4OS2/c1-11-5-3-6-12(2)20(11)15(21)10-23-16-17-14(18-19-16)9-13-7-4-8-22-13/h4,7-8,11-12H,3,5-6,9-10H2,1-2H3,(H,17,18,19). The number of thiophene rings is 1. The average Bonchev–Trinajstić information content (AvgIpc) is 3.17. The molecule has 3 heterocycles. The van der Waals surface area contributed by atoms with E-state index in [9.17, 15) is 4.79 Å². The second-order valence-electron chi connectivity index (χ2n) is 6.04. The average molecular weight is 351 g/mol. The van der Waals surface area contributed by atoms with Crippen LogP contribution in [0.4, 0.5) is 0 Å². The molecule has 0 saturated carbocycles. The monoisotopic (exact) mass is 350 g/mol. The van der Waals surface area contributed by atoms with E-state index in [1.807, 2.05) is 11.0 Å². The van der Waals surface area contributed by atoms with Gasteiger partial charge in [-0.15, -0.1) is 16.4 Å². The van der Waals surface area contributed by atoms with Crippen LogP contribution in [0.2, 0.25) is 0 Å². The lowest BCUT2D eigenvalue weighted by Gasteiger charge is -2.39. The second kappa shape index (κ2) is 7.49. The molecule has 1 saturated heterocycles. The van der Waals surface area contributed by atoms with E-state index < -0.39 is 0 Å². The molecular weight excluding hydrogens is 328 g/mol. The Morgan fingerprint density at radius 1 is 1.43 bits per heavy atom. The van der Waals surface area contributed by atoms with E-state index in [1.165, 1.54) is 23.1 Å². The van der Waals surface area contributed by atoms with Crippen LogP contribution in [0.3, 0.4) is 0 Å². The molecule has 2 aromatic rings. The molecule has 124 valence electrons. The maximum atomic E-state index is 12.5. The van der Waals surface area contributed by atoms with Crippen LogP contribution in [0, 0.1) is 0 Å². The van der Waals surface area contributed by atoms with Gasteiger partial charge in [-0.05, 0) is 44.6 Å². The summed E-state index contributed by atoms with van der Waals surface area (Å²) in [5, 5.41) is 9.89. The molecule has 5 nitrogen and oxygen atoms in total. The van der Waals surface area contributed by atoms with Gasteiger partial charge < -0.3 is 4.90 Å². The Balaban J connectivity index is 1.53. The van der Waals surface area contributed by atoms with E-state index in [4.69, 9.17) is 0 Å². The predicted molar refractivity (Wildman–Crippen MR) is 93.9 cm³/mol. The lowest BCUT2D eigenvalue weighted by Crippen LogP contribution is -2.48. The second-order valence-corrected chi connectivity index (χ2v) is 8.01. The van der Waals surface area contributed by atoms with Gasteiger partial charge in [0.1, 0.15) is 5.82 Å². The Morgan fingerprint density at radius 2 is 2.22 bits per heavy atom. The van der Waals surface area contributed by atoms with E-state index >= 15 is 0 Å². The summed E-state index contributed by atoms with van der Waals surface area (Å²) in [7, 11) is 0. The van der Waals surface area contributed by atoms with Crippen molar-refractivity contribution in [3.05, 3.63) is 28.2 Å². The minimum Gasteiger partial charge on any atom is -0.337 e. The van der Waals surface area contributed by atoms with Crippen molar-refractivity contribution >= 4 is 29.0 Å². The number of carbonyl (C=O) groups excluding carboxylic acids is 1. The van der Waals surface area contributed by atoms with Crippen LogP contribution in [0.25, 0.3) is 0 Å². The molecule has 1 aliphatic heterocycles. The van der Waals surface area contributed by atoms with E-state index in [0.717, 1.165) is 25.1 Å². The molecule has 0 bridgehead atoms. The summed E-state index contributed by atoms with van der Waals surface area (Å²) in [4.78, 5) is 20.3. The Hall–Kier alpha value is -1.34. The van der Waals surface area contributed by atoms with Gasteiger partial charge >= 0.3 is 0 Å². The molecule has 0 radical (unpaired) electrons. The SMILES string of the molecule is CC1CCCC(C)N1C(=O)CSc1n[nH]c(Cc2cccs2)n1. The summed E-state index contributed by atoms with van der Waals surface area (Å²) in [6.07, 6.45) is 4.18. The number of nitrogens with one attached hydrogen (secondary N) is 1. The third-order valence-corrected chi connectivity index (χ3v) is 5.95. The highest BCUT2D eigenvalue weighted by atomic mass is 32.2. The largest absolute Gasteiger partial charge is 0.337 e. The summed E-state index contributed by atoms with van der Waals surface area (Å²) < 4.78 is 0. The summed E-state index contributed by atoms with van der Waals surface area (Å²) in [5.41, 5.74) is 0. The van der Waals surface area contributed by atoms with Gasteiger partial charge in [-0.25, -0.2) is 4.98 Å². The van der Waals surface area contributed by atoms with Crippen molar-refractivity contribution in [2.24, 2.45) is 0 Å². The highest BCUT2D eigenvalue weighted by molar-refractivity contribution is 7.99. The number of aromatic amines is 1. The summed E-state index contributed by atoms with van der Waals surface area (Å²) in [6, 6.07) is 4.80. The number of hydrogen-bond acceptors (Lipinski definition) is 5. The van der Waals surface area contributed by atoms with Crippen molar-refractivity contribution < 1.29 is 4.79 Å². The van der Waals surface area contributed by atoms with Crippen LogP contribution in [0.5, 0.6) is 0 Å². The first-order valence-electron chi connectivity index (χ1n) is 8.01. The molecule has 2 unspecified atom stereocenters. The smallest absolute Gasteiger partial charge is 0.233 e. The number of hydrogen-bond donors (Lipinski definition) is 1. The summed E-state index contributed by atoms with van der Waals surface area (Å²) in [6.45, 7) is 4.29. The van der Waals surface area contributed by atoms with Gasteiger partial charge in [0.15, 0.2) is 0 Å². The van der Waals surface area contributed by atoms with Crippen LogP contribution in [-0.4, -0.2) is 43.8 Å². The Bertz CT molecular complexity index is 630. The molecule has 0 aromatic carbocycles. The first-order chi connectivity index (χ1) is 11.1. The van der Waals surface area contributed by atoms with Crippen molar-refractivity contribution in [3.8, 4) is 0 Å². The molecule has 1 aliphatic rings. The maximum Gasteiger partial charge on any atom is 0.233 e. The normalized spacial score (nSPS) is 21.6. The van der Waals surface area contributed by atoms with Crippen molar-refractivity contribution in [1.82, 2.24) is 20.1 Å². The topological polar surface area (TPSA) is 61.9 Å². The van der Waals surface area contributed by atoms with Crippen LogP contribution in [-0.2, 0) is 11.2 Å². The quantitative estimate of drug-likeness (QED) is 0.840. The molecule has 1 fully saturated rings. The molecule has 3 rings (SSSR count). The minimum atomic E-state index is 0.194. The van der Waals surface area contributed by atoms with Gasteiger partial charge in [-0.3, -0.25) is 9.89 Å². The number of amides is 1. The lowest BCUT2D eigenvalue weighted by atomic mass is 9.98. The molecular formula is C16H22N4OS2. The fourth-order valence-corrected chi connectivity index (χ4v) is 4.51. The molecule has 1 amide bonds. The first kappa shape index (κ1) is 16.5. The Labute approximate surface area is 144 Å². The fraction of sp³-hybridized carbons (Fsp3) is 0.562. The Morgan fingerprint density at radius 3 is 2.91 bits per heavy atom. The van der Waals surface area contributed by atoms with Crippen molar-refractivity contribution in [2.45, 2.75) is 56.8 Å². The molecule has 0 spiro atoms. The number of H-pyrrole nitrogens is 1. The number of rotatable bonds is 5. The first-order valence-corrected chi connectivity index (χ1v) is 9.87. The zero-order chi connectivity index (χ0) is 16.2. The van der Waals surface area contributed by atoms with Gasteiger partial charge in [0.2, 0.25) is 11.1 Å². The van der Waals surface area contributed by atoms with Crippen molar-refractivity contribution in [2.75, 3.05) is 5.75 Å². The van der Waals surface area contributed by atoms with Crippen LogP contribution < -0.4 is 0 Å². The fourth-order valence-electron chi connectivity index (χ4n) is 3.11. The molecule has 2 aromatic heterocycles. The van der Waals surface area contributed by atoms with E-state index in [1.54, 1.807) is 11.3 Å². The van der Waals surface area contributed by atoms with E-state index in [2.05, 4.69) is 40.5 Å². The molecule has 2 atom stereocenters. The molecule has 0 aliphatic carbocycles. The van der Waals surface area contributed by atoms with Crippen molar-refractivity contribution in [3.63, 3.8) is 0 Å². The van der Waals surface area contributed by atoms with Gasteiger partial charge in [0.05, 0.1) is 5.75 Å². The summed E-state index contributed by atoms with van der Waals surface area (Å²) in [5.74, 6) is 1.45. The number of carbonyl (C=O) groups is 1. The number of aromatic nitrogens is 3. The van der Waals surface area contributed by atoms with Crippen LogP contribution >= 0.6 is 23.1 Å². The van der Waals surface area contributed by atoms with E-state index in [-0.39, 0.29) is 5.91 Å². The van der Waals surface area contributed by atoms with Gasteiger partial charge in [0.25, 0.3) is 0 Å². The number of piperidine rings is 1. The zero-order valence-corrected chi connectivity index (χ0v) is 15.1. The van der Waals surface area contributed by atoms with Crippen molar-refractivity contribution in [1.29, 1.82) is 0 Å². The lowest BCUT2D eigenvalue weighted by molar-refractivity contribution is -0.134. The van der Waals surface area contributed by atoms with Crippen LogP contribution in [0.1, 0.15) is 43.8 Å². The van der Waals surface area contributed by atoms with E-state index in [0.29, 0.717) is 23.0 Å². The maximum absolute atomic E-state index is 12.5. The molecule has 7 heteroatoms. The number of nitrogens with zero attached hydrogens (tertiary/aromatic N) is 3. The van der Waals surface area contributed by atoms with Gasteiger partial charge in [-0.1, -0.05) is 17.8 Å². The zero-order valence-electron chi connectivity index (χ0n) is 13.5. The van der Waals surface area contributed by atoms with Gasteiger partial charge in [-0.2, -0.15) is 0 Å². The highest BCUT2D eigenvalue weighted by Crippen LogP contribution is 2.24. The Kier molecular flexibility index (Phi) is 5.38. The molecule has 1 N–H and O–H groups in total. The molecule has 23 heavy (non-hydrogen) atoms. The number of thioether (sulfide) groups is 1. The predicted octanol–water partition coefficient (Wildman–Crippen LogP) is 3.34. The highest BCUT2D eigenvalue weighted by Gasteiger charge is 2.28. The van der Waals surface area contributed by atoms with Gasteiger partial charge in [0, 0.05) is 23.4 Å². The number of likely N-dealkylation sites (tertiary alicyclic amines) is 1. The third kappa shape index (κ3) is 4.14.